The second-order valence-electron chi connectivity index (χ2n) is 11.3. The number of halogens is 3. The maximum atomic E-state index is 12.8. The van der Waals surface area contributed by atoms with E-state index in [0.717, 1.165) is 72.7 Å². The SMILES string of the molecule is CC/C(=C\N=C(N)C12CC3CC(CC(C3)C1)C2)c1cc(OC)c(OCc2ccc(C(F)(F)F)cn2)c(OC)c1. The van der Waals surface area contributed by atoms with E-state index in [1.165, 1.54) is 39.5 Å². The topological polar surface area (TPSA) is 79.0 Å². The lowest BCUT2D eigenvalue weighted by atomic mass is 9.49. The number of benzene rings is 1. The van der Waals surface area contributed by atoms with Gasteiger partial charge >= 0.3 is 6.18 Å². The summed E-state index contributed by atoms with van der Waals surface area (Å²) < 4.78 is 55.6. The summed E-state index contributed by atoms with van der Waals surface area (Å²) in [6.07, 6.45) is 6.48. The highest BCUT2D eigenvalue weighted by molar-refractivity contribution is 5.88. The lowest BCUT2D eigenvalue weighted by Crippen LogP contribution is -2.52. The van der Waals surface area contributed by atoms with Gasteiger partial charge in [0.15, 0.2) is 11.5 Å². The van der Waals surface area contributed by atoms with Crippen molar-refractivity contribution in [1.29, 1.82) is 0 Å². The van der Waals surface area contributed by atoms with Crippen LogP contribution in [0.15, 0.2) is 41.7 Å². The highest BCUT2D eigenvalue weighted by atomic mass is 19.4. The van der Waals surface area contributed by atoms with Crippen molar-refractivity contribution in [2.75, 3.05) is 14.2 Å². The first kappa shape index (κ1) is 27.3. The molecule has 2 aromatic rings. The standard InChI is InChI=1S/C30H36F3N3O3/c1-4-21(15-36-28(34)29-12-18-7-19(13-29)9-20(8-18)14-29)22-10-25(37-2)27(26(11-22)38-3)39-17-24-6-5-23(16-35-24)30(31,32)33/h5-6,10-11,15-16,18-20H,4,7-9,12-14,17H2,1-3H3,(H2,34,36)/b21-15+. The molecule has 39 heavy (non-hydrogen) atoms. The van der Waals surface area contributed by atoms with Gasteiger partial charge in [-0.15, -0.1) is 0 Å². The Morgan fingerprint density at radius 1 is 1.05 bits per heavy atom. The molecule has 1 heterocycles. The summed E-state index contributed by atoms with van der Waals surface area (Å²) in [5.41, 5.74) is 8.12. The lowest BCUT2D eigenvalue weighted by molar-refractivity contribution is -0.137. The fraction of sp³-hybridized carbons (Fsp3) is 0.533. The zero-order chi connectivity index (χ0) is 27.8. The van der Waals surface area contributed by atoms with Crippen LogP contribution in [0.4, 0.5) is 13.2 Å². The van der Waals surface area contributed by atoms with Gasteiger partial charge in [0, 0.05) is 17.8 Å². The third-order valence-corrected chi connectivity index (χ3v) is 8.67. The molecule has 6 nitrogen and oxygen atoms in total. The minimum absolute atomic E-state index is 0.0452. The van der Waals surface area contributed by atoms with E-state index in [1.54, 1.807) is 0 Å². The highest BCUT2D eigenvalue weighted by Crippen LogP contribution is 2.60. The molecule has 9 heteroatoms. The van der Waals surface area contributed by atoms with Crippen LogP contribution < -0.4 is 19.9 Å². The molecule has 4 bridgehead atoms. The fourth-order valence-electron chi connectivity index (χ4n) is 7.11. The Hall–Kier alpha value is -3.23. The van der Waals surface area contributed by atoms with Crippen LogP contribution in [0, 0.1) is 23.2 Å². The zero-order valence-electron chi connectivity index (χ0n) is 22.7. The maximum absolute atomic E-state index is 12.8. The Balaban J connectivity index is 1.36. The Bertz CT molecular complexity index is 1190. The van der Waals surface area contributed by atoms with Crippen molar-refractivity contribution >= 4 is 11.4 Å². The van der Waals surface area contributed by atoms with Gasteiger partial charge in [0.2, 0.25) is 5.75 Å². The molecule has 0 saturated heterocycles. The molecule has 0 atom stereocenters. The summed E-state index contributed by atoms with van der Waals surface area (Å²) >= 11 is 0. The lowest BCUT2D eigenvalue weighted by Gasteiger charge is -2.56. The number of aliphatic imine (C=N–C) groups is 1. The number of nitrogens with zero attached hydrogens (tertiary/aromatic N) is 2. The molecule has 6 rings (SSSR count). The van der Waals surface area contributed by atoms with Crippen LogP contribution in [0.3, 0.4) is 0 Å². The average molecular weight is 544 g/mol. The van der Waals surface area contributed by atoms with E-state index in [9.17, 15) is 13.2 Å². The van der Waals surface area contributed by atoms with Crippen LogP contribution in [0.5, 0.6) is 17.2 Å². The molecule has 4 aliphatic carbocycles. The van der Waals surface area contributed by atoms with Crippen molar-refractivity contribution < 1.29 is 27.4 Å². The molecule has 1 aromatic carbocycles. The van der Waals surface area contributed by atoms with Crippen molar-refractivity contribution in [3.63, 3.8) is 0 Å². The Morgan fingerprint density at radius 2 is 1.64 bits per heavy atom. The second kappa shape index (κ2) is 10.7. The smallest absolute Gasteiger partial charge is 0.417 e. The quantitative estimate of drug-likeness (QED) is 0.272. The van der Waals surface area contributed by atoms with Crippen LogP contribution in [0.1, 0.15) is 68.7 Å². The van der Waals surface area contributed by atoms with Crippen molar-refractivity contribution in [3.8, 4) is 17.2 Å². The number of hydrogen-bond donors (Lipinski definition) is 1. The first-order valence-corrected chi connectivity index (χ1v) is 13.6. The number of allylic oxidation sites excluding steroid dienone is 1. The molecule has 4 fully saturated rings. The normalized spacial score (nSPS) is 26.6. The van der Waals surface area contributed by atoms with E-state index >= 15 is 0 Å². The van der Waals surface area contributed by atoms with Crippen LogP contribution in [-0.2, 0) is 12.8 Å². The molecule has 0 unspecified atom stereocenters. The molecule has 2 N–H and O–H groups in total. The first-order chi connectivity index (χ1) is 18.6. The third kappa shape index (κ3) is 5.58. The van der Waals surface area contributed by atoms with E-state index in [1.807, 2.05) is 18.3 Å². The Kier molecular flexibility index (Phi) is 7.53. The molecular formula is C30H36F3N3O3. The van der Waals surface area contributed by atoms with Gasteiger partial charge in [-0.05, 0) is 98.1 Å². The first-order valence-electron chi connectivity index (χ1n) is 13.6. The van der Waals surface area contributed by atoms with Gasteiger partial charge in [-0.3, -0.25) is 4.98 Å². The largest absolute Gasteiger partial charge is 0.493 e. The van der Waals surface area contributed by atoms with Gasteiger partial charge in [0.1, 0.15) is 12.4 Å². The van der Waals surface area contributed by atoms with E-state index in [4.69, 9.17) is 24.9 Å². The van der Waals surface area contributed by atoms with Crippen molar-refractivity contribution in [3.05, 3.63) is 53.5 Å². The molecule has 1 aromatic heterocycles. The number of amidine groups is 1. The van der Waals surface area contributed by atoms with Gasteiger partial charge in [0.05, 0.1) is 25.5 Å². The van der Waals surface area contributed by atoms with Gasteiger partial charge in [0.25, 0.3) is 0 Å². The number of hydrogen-bond acceptors (Lipinski definition) is 5. The molecule has 0 aliphatic heterocycles. The Morgan fingerprint density at radius 3 is 2.10 bits per heavy atom. The van der Waals surface area contributed by atoms with Gasteiger partial charge in [-0.25, -0.2) is 4.99 Å². The third-order valence-electron chi connectivity index (χ3n) is 8.67. The molecule has 4 saturated carbocycles. The predicted octanol–water partition coefficient (Wildman–Crippen LogP) is 7.02. The number of methoxy groups -OCH3 is 2. The zero-order valence-corrected chi connectivity index (χ0v) is 22.7. The average Bonchev–Trinajstić information content (AvgIpc) is 2.90. The molecule has 0 radical (unpaired) electrons. The molecular weight excluding hydrogens is 507 g/mol. The number of ether oxygens (including phenoxy) is 3. The number of aromatic nitrogens is 1. The minimum atomic E-state index is -4.44. The van der Waals surface area contributed by atoms with E-state index in [-0.39, 0.29) is 12.0 Å². The van der Waals surface area contributed by atoms with Gasteiger partial charge < -0.3 is 19.9 Å². The Labute approximate surface area is 227 Å². The van der Waals surface area contributed by atoms with Crippen LogP contribution in [0.2, 0.25) is 0 Å². The number of rotatable bonds is 9. The second-order valence-corrected chi connectivity index (χ2v) is 11.3. The van der Waals surface area contributed by atoms with Crippen molar-refractivity contribution in [2.24, 2.45) is 33.9 Å². The summed E-state index contributed by atoms with van der Waals surface area (Å²) in [6.45, 7) is 2.01. The summed E-state index contributed by atoms with van der Waals surface area (Å²) in [5, 5.41) is 0. The van der Waals surface area contributed by atoms with Gasteiger partial charge in [-0.1, -0.05) is 6.92 Å². The van der Waals surface area contributed by atoms with E-state index in [2.05, 4.69) is 11.9 Å². The summed E-state index contributed by atoms with van der Waals surface area (Å²) in [5.74, 6) is 4.35. The van der Waals surface area contributed by atoms with Crippen LogP contribution in [-0.4, -0.2) is 25.0 Å². The predicted molar refractivity (Wildman–Crippen MR) is 144 cm³/mol. The monoisotopic (exact) mass is 543 g/mol. The maximum Gasteiger partial charge on any atom is 0.417 e. The number of pyridine rings is 1. The van der Waals surface area contributed by atoms with Crippen molar-refractivity contribution in [1.82, 2.24) is 4.98 Å². The summed E-state index contributed by atoms with van der Waals surface area (Å²) in [6, 6.07) is 5.98. The van der Waals surface area contributed by atoms with Gasteiger partial charge in [-0.2, -0.15) is 13.2 Å². The molecule has 210 valence electrons. The van der Waals surface area contributed by atoms with Crippen LogP contribution in [0.25, 0.3) is 5.57 Å². The minimum Gasteiger partial charge on any atom is -0.493 e. The highest BCUT2D eigenvalue weighted by Gasteiger charge is 2.52. The van der Waals surface area contributed by atoms with E-state index in [0.29, 0.717) is 22.9 Å². The van der Waals surface area contributed by atoms with Crippen LogP contribution >= 0.6 is 0 Å². The molecule has 4 aliphatic rings. The number of alkyl halides is 3. The van der Waals surface area contributed by atoms with E-state index < -0.39 is 11.7 Å². The van der Waals surface area contributed by atoms with Crippen molar-refractivity contribution in [2.45, 2.75) is 64.7 Å². The molecule has 0 spiro atoms. The summed E-state index contributed by atoms with van der Waals surface area (Å²) in [4.78, 5) is 8.70. The number of nitrogens with two attached hydrogens (primary N) is 1. The fourth-order valence-corrected chi connectivity index (χ4v) is 7.11. The summed E-state index contributed by atoms with van der Waals surface area (Å²) in [7, 11) is 3.06. The molecule has 0 amide bonds.